The molecule has 2 rings (SSSR count). The molecule has 2 aromatic rings. The van der Waals surface area contributed by atoms with Crippen LogP contribution in [0.25, 0.3) is 0 Å². The molecule has 0 bridgehead atoms. The predicted octanol–water partition coefficient (Wildman–Crippen LogP) is 2.61. The van der Waals surface area contributed by atoms with E-state index < -0.39 is 11.8 Å². The zero-order valence-electron chi connectivity index (χ0n) is 10.3. The first kappa shape index (κ1) is 14.5. The molecule has 0 aliphatic rings. The number of ether oxygens (including phenoxy) is 1. The number of carboxylic acid groups (broad SMARTS) is 1. The third-order valence-corrected chi connectivity index (χ3v) is 4.10. The first-order valence-corrected chi connectivity index (χ1v) is 7.17. The van der Waals surface area contributed by atoms with Gasteiger partial charge in [0.15, 0.2) is 4.34 Å². The molecule has 106 valence electrons. The monoisotopic (exact) mass is 315 g/mol. The van der Waals surface area contributed by atoms with Crippen LogP contribution in [-0.2, 0) is 4.79 Å². The summed E-state index contributed by atoms with van der Waals surface area (Å²) < 4.78 is 19.1. The van der Waals surface area contributed by atoms with Gasteiger partial charge in [0.2, 0.25) is 5.13 Å². The molecule has 1 aromatic heterocycles. The lowest BCUT2D eigenvalue weighted by molar-refractivity contribution is -0.133. The molecule has 0 fully saturated rings. The van der Waals surface area contributed by atoms with E-state index >= 15 is 0 Å². The Morgan fingerprint density at radius 2 is 2.35 bits per heavy atom. The van der Waals surface area contributed by atoms with Crippen molar-refractivity contribution in [1.29, 1.82) is 0 Å². The zero-order valence-corrected chi connectivity index (χ0v) is 11.9. The molecular formula is C11H10FN3O3S2. The van der Waals surface area contributed by atoms with Gasteiger partial charge in [-0.15, -0.1) is 10.2 Å². The molecule has 9 heteroatoms. The molecule has 0 radical (unpaired) electrons. The first-order chi connectivity index (χ1) is 9.58. The number of rotatable bonds is 6. The summed E-state index contributed by atoms with van der Waals surface area (Å²) in [5, 5.41) is 19.4. The Hall–Kier alpha value is -1.87. The Labute approximate surface area is 122 Å². The van der Waals surface area contributed by atoms with Crippen LogP contribution in [0, 0.1) is 5.82 Å². The summed E-state index contributed by atoms with van der Waals surface area (Å²) in [4.78, 5) is 10.4. The maximum atomic E-state index is 13.6. The van der Waals surface area contributed by atoms with Gasteiger partial charge in [-0.3, -0.25) is 4.79 Å². The van der Waals surface area contributed by atoms with Crippen molar-refractivity contribution in [3.8, 4) is 5.75 Å². The molecule has 6 nitrogen and oxygen atoms in total. The summed E-state index contributed by atoms with van der Waals surface area (Å²) in [7, 11) is 1.49. The Kier molecular flexibility index (Phi) is 4.74. The van der Waals surface area contributed by atoms with E-state index in [1.54, 1.807) is 0 Å². The van der Waals surface area contributed by atoms with Gasteiger partial charge >= 0.3 is 5.97 Å². The molecule has 0 aliphatic carbocycles. The number of aliphatic carboxylic acids is 1. The molecule has 0 spiro atoms. The number of hydrogen-bond acceptors (Lipinski definition) is 7. The molecule has 1 heterocycles. The SMILES string of the molecule is COc1ccc(F)c(Nc2nnc(SCC(=O)O)s2)c1. The van der Waals surface area contributed by atoms with E-state index in [1.807, 2.05) is 0 Å². The molecule has 20 heavy (non-hydrogen) atoms. The number of methoxy groups -OCH3 is 1. The average molecular weight is 315 g/mol. The molecule has 0 aliphatic heterocycles. The minimum absolute atomic E-state index is 0.0951. The standard InChI is InChI=1S/C11H10FN3O3S2/c1-18-6-2-3-7(12)8(4-6)13-10-14-15-11(20-10)19-5-9(16)17/h2-4H,5H2,1H3,(H,13,14)(H,16,17). The van der Waals surface area contributed by atoms with E-state index in [4.69, 9.17) is 9.84 Å². The fourth-order valence-electron chi connectivity index (χ4n) is 1.28. The highest BCUT2D eigenvalue weighted by atomic mass is 32.2. The number of thioether (sulfide) groups is 1. The maximum Gasteiger partial charge on any atom is 0.313 e. The third-order valence-electron chi connectivity index (χ3n) is 2.14. The quantitative estimate of drug-likeness (QED) is 0.793. The second kappa shape index (κ2) is 6.53. The highest BCUT2D eigenvalue weighted by Crippen LogP contribution is 2.29. The van der Waals surface area contributed by atoms with Gasteiger partial charge < -0.3 is 15.2 Å². The van der Waals surface area contributed by atoms with Crippen LogP contribution in [-0.4, -0.2) is 34.1 Å². The molecule has 2 N–H and O–H groups in total. The van der Waals surface area contributed by atoms with Crippen LogP contribution in [0.3, 0.4) is 0 Å². The lowest BCUT2D eigenvalue weighted by atomic mass is 10.3. The smallest absolute Gasteiger partial charge is 0.313 e. The van der Waals surface area contributed by atoms with Crippen molar-refractivity contribution in [2.24, 2.45) is 0 Å². The molecular weight excluding hydrogens is 305 g/mol. The summed E-state index contributed by atoms with van der Waals surface area (Å²) in [6, 6.07) is 4.29. The van der Waals surface area contributed by atoms with Gasteiger partial charge in [0, 0.05) is 6.07 Å². The van der Waals surface area contributed by atoms with E-state index in [0.717, 1.165) is 23.1 Å². The molecule has 0 atom stereocenters. The molecule has 0 unspecified atom stereocenters. The van der Waals surface area contributed by atoms with Gasteiger partial charge in [-0.2, -0.15) is 0 Å². The van der Waals surface area contributed by atoms with Gasteiger partial charge in [0.05, 0.1) is 18.6 Å². The fourth-order valence-corrected chi connectivity index (χ4v) is 2.77. The van der Waals surface area contributed by atoms with Crippen molar-refractivity contribution < 1.29 is 19.0 Å². The molecule has 0 amide bonds. The van der Waals surface area contributed by atoms with E-state index in [0.29, 0.717) is 15.2 Å². The van der Waals surface area contributed by atoms with Crippen molar-refractivity contribution >= 4 is 39.9 Å². The number of aromatic nitrogens is 2. The lowest BCUT2D eigenvalue weighted by Gasteiger charge is -2.06. The summed E-state index contributed by atoms with van der Waals surface area (Å²) in [5.74, 6) is -0.958. The Morgan fingerprint density at radius 1 is 1.55 bits per heavy atom. The van der Waals surface area contributed by atoms with Crippen molar-refractivity contribution in [3.63, 3.8) is 0 Å². The first-order valence-electron chi connectivity index (χ1n) is 5.37. The van der Waals surface area contributed by atoms with Gasteiger partial charge in [0.1, 0.15) is 11.6 Å². The molecule has 1 aromatic carbocycles. The summed E-state index contributed by atoms with van der Waals surface area (Å²) in [6.45, 7) is 0. The van der Waals surface area contributed by atoms with Crippen LogP contribution < -0.4 is 10.1 Å². The number of carbonyl (C=O) groups is 1. The van der Waals surface area contributed by atoms with Crippen LogP contribution >= 0.6 is 23.1 Å². The number of benzene rings is 1. The van der Waals surface area contributed by atoms with Crippen LogP contribution in [0.15, 0.2) is 22.5 Å². The number of carboxylic acids is 1. The van der Waals surface area contributed by atoms with Crippen LogP contribution in [0.1, 0.15) is 0 Å². The zero-order chi connectivity index (χ0) is 14.5. The second-order valence-corrected chi connectivity index (χ2v) is 5.73. The van der Waals surface area contributed by atoms with Crippen molar-refractivity contribution in [3.05, 3.63) is 24.0 Å². The minimum Gasteiger partial charge on any atom is -0.497 e. The third kappa shape index (κ3) is 3.81. The number of nitrogens with one attached hydrogen (secondary N) is 1. The topological polar surface area (TPSA) is 84.3 Å². The van der Waals surface area contributed by atoms with Crippen molar-refractivity contribution in [1.82, 2.24) is 10.2 Å². The Balaban J connectivity index is 2.08. The predicted molar refractivity (Wildman–Crippen MR) is 74.5 cm³/mol. The Morgan fingerprint density at radius 3 is 3.05 bits per heavy atom. The summed E-state index contributed by atoms with van der Waals surface area (Å²) in [6.07, 6.45) is 0. The summed E-state index contributed by atoms with van der Waals surface area (Å²) in [5.41, 5.74) is 0.218. The van der Waals surface area contributed by atoms with Gasteiger partial charge in [0.25, 0.3) is 0 Å². The minimum atomic E-state index is -0.932. The number of halogens is 1. The van der Waals surface area contributed by atoms with Gasteiger partial charge in [-0.25, -0.2) is 4.39 Å². The lowest BCUT2D eigenvalue weighted by Crippen LogP contribution is -1.96. The Bertz CT molecular complexity index is 621. The highest BCUT2D eigenvalue weighted by Gasteiger charge is 2.10. The fraction of sp³-hybridized carbons (Fsp3) is 0.182. The van der Waals surface area contributed by atoms with Gasteiger partial charge in [-0.05, 0) is 12.1 Å². The number of anilines is 2. The second-order valence-electron chi connectivity index (χ2n) is 3.53. The van der Waals surface area contributed by atoms with Crippen molar-refractivity contribution in [2.75, 3.05) is 18.2 Å². The van der Waals surface area contributed by atoms with E-state index in [-0.39, 0.29) is 11.4 Å². The van der Waals surface area contributed by atoms with E-state index in [1.165, 1.54) is 25.3 Å². The summed E-state index contributed by atoms with van der Waals surface area (Å²) >= 11 is 2.21. The highest BCUT2D eigenvalue weighted by molar-refractivity contribution is 8.01. The van der Waals surface area contributed by atoms with Crippen LogP contribution in [0.2, 0.25) is 0 Å². The largest absolute Gasteiger partial charge is 0.497 e. The number of hydrogen-bond donors (Lipinski definition) is 2. The van der Waals surface area contributed by atoms with Crippen LogP contribution in [0.4, 0.5) is 15.2 Å². The van der Waals surface area contributed by atoms with Crippen LogP contribution in [0.5, 0.6) is 5.75 Å². The number of nitrogens with zero attached hydrogens (tertiary/aromatic N) is 2. The maximum absolute atomic E-state index is 13.6. The van der Waals surface area contributed by atoms with E-state index in [9.17, 15) is 9.18 Å². The van der Waals surface area contributed by atoms with Gasteiger partial charge in [-0.1, -0.05) is 23.1 Å². The molecule has 0 saturated heterocycles. The molecule has 0 saturated carbocycles. The van der Waals surface area contributed by atoms with E-state index in [2.05, 4.69) is 15.5 Å². The average Bonchev–Trinajstić information content (AvgIpc) is 2.86. The normalized spacial score (nSPS) is 10.3. The van der Waals surface area contributed by atoms with Crippen molar-refractivity contribution in [2.45, 2.75) is 4.34 Å².